The zero-order chi connectivity index (χ0) is 21.1. The Morgan fingerprint density at radius 2 is 1.70 bits per heavy atom. The number of thiazole rings is 2. The van der Waals surface area contributed by atoms with Gasteiger partial charge in [-0.1, -0.05) is 24.3 Å². The molecule has 0 saturated carbocycles. The number of benzene rings is 2. The first-order valence-electron chi connectivity index (χ1n) is 9.52. The molecule has 0 saturated heterocycles. The Morgan fingerprint density at radius 1 is 1.00 bits per heavy atom. The van der Waals surface area contributed by atoms with E-state index < -0.39 is 0 Å². The Kier molecular flexibility index (Phi) is 6.01. The van der Waals surface area contributed by atoms with Crippen molar-refractivity contribution >= 4 is 28.6 Å². The summed E-state index contributed by atoms with van der Waals surface area (Å²) in [7, 11) is 0. The summed E-state index contributed by atoms with van der Waals surface area (Å²) >= 11 is 2.96. The standard InChI is InChI=1S/C23H20FN3OS2/c1-14-21(30-23(26-14)18-7-9-19(24)10-8-18)22(28)25-12-11-16-3-5-17(6-4-16)20-13-29-15(2)27-20/h3-10,13H,11-12H2,1-2H3,(H,25,28). The molecule has 2 aromatic heterocycles. The third kappa shape index (κ3) is 4.63. The van der Waals surface area contributed by atoms with Crippen molar-refractivity contribution in [1.82, 2.24) is 15.3 Å². The molecule has 1 N–H and O–H groups in total. The van der Waals surface area contributed by atoms with E-state index in [4.69, 9.17) is 0 Å². The van der Waals surface area contributed by atoms with Gasteiger partial charge in [0.25, 0.3) is 5.91 Å². The number of halogens is 1. The van der Waals surface area contributed by atoms with Crippen LogP contribution in [0.25, 0.3) is 21.8 Å². The van der Waals surface area contributed by atoms with Gasteiger partial charge in [0.1, 0.15) is 15.7 Å². The van der Waals surface area contributed by atoms with Crippen molar-refractivity contribution in [2.45, 2.75) is 20.3 Å². The molecule has 0 aliphatic heterocycles. The molecule has 0 atom stereocenters. The molecule has 152 valence electrons. The maximum atomic E-state index is 13.1. The van der Waals surface area contributed by atoms with Gasteiger partial charge in [-0.2, -0.15) is 0 Å². The van der Waals surface area contributed by atoms with E-state index in [2.05, 4.69) is 44.9 Å². The van der Waals surface area contributed by atoms with E-state index in [1.54, 1.807) is 23.5 Å². The van der Waals surface area contributed by atoms with Crippen LogP contribution in [-0.4, -0.2) is 22.4 Å². The molecule has 0 radical (unpaired) electrons. The Balaban J connectivity index is 1.35. The van der Waals surface area contributed by atoms with E-state index >= 15 is 0 Å². The Hall–Kier alpha value is -2.90. The lowest BCUT2D eigenvalue weighted by molar-refractivity contribution is 0.0957. The molecule has 0 spiro atoms. The van der Waals surface area contributed by atoms with E-state index in [0.717, 1.165) is 33.8 Å². The molecular weight excluding hydrogens is 417 g/mol. The fraction of sp³-hybridized carbons (Fsp3) is 0.174. The van der Waals surface area contributed by atoms with Crippen molar-refractivity contribution in [3.8, 4) is 21.8 Å². The molecule has 0 unspecified atom stereocenters. The number of nitrogens with one attached hydrogen (secondary N) is 1. The van der Waals surface area contributed by atoms with Crippen molar-refractivity contribution in [2.24, 2.45) is 0 Å². The molecule has 4 nitrogen and oxygen atoms in total. The average Bonchev–Trinajstić information content (AvgIpc) is 3.35. The highest BCUT2D eigenvalue weighted by Crippen LogP contribution is 2.28. The fourth-order valence-corrected chi connectivity index (χ4v) is 4.67. The van der Waals surface area contributed by atoms with E-state index in [0.29, 0.717) is 22.1 Å². The van der Waals surface area contributed by atoms with Gasteiger partial charge in [0, 0.05) is 23.1 Å². The van der Waals surface area contributed by atoms with Crippen LogP contribution < -0.4 is 5.32 Å². The van der Waals surface area contributed by atoms with Gasteiger partial charge in [-0.05, 0) is 50.1 Å². The van der Waals surface area contributed by atoms with Crippen LogP contribution in [0.2, 0.25) is 0 Å². The first kappa shape index (κ1) is 20.4. The summed E-state index contributed by atoms with van der Waals surface area (Å²) in [5, 5.41) is 6.80. The third-order valence-corrected chi connectivity index (χ3v) is 6.64. The Morgan fingerprint density at radius 3 is 2.37 bits per heavy atom. The predicted molar refractivity (Wildman–Crippen MR) is 121 cm³/mol. The quantitative estimate of drug-likeness (QED) is 0.423. The van der Waals surface area contributed by atoms with Crippen LogP contribution in [0.3, 0.4) is 0 Å². The lowest BCUT2D eigenvalue weighted by atomic mass is 10.1. The number of carbonyl (C=O) groups is 1. The number of hydrogen-bond donors (Lipinski definition) is 1. The number of amides is 1. The molecule has 0 fully saturated rings. The highest BCUT2D eigenvalue weighted by Gasteiger charge is 2.16. The van der Waals surface area contributed by atoms with Gasteiger partial charge >= 0.3 is 0 Å². The second-order valence-electron chi connectivity index (χ2n) is 6.90. The van der Waals surface area contributed by atoms with E-state index in [1.165, 1.54) is 23.5 Å². The summed E-state index contributed by atoms with van der Waals surface area (Å²) in [6.45, 7) is 4.35. The van der Waals surface area contributed by atoms with Gasteiger partial charge in [0.05, 0.1) is 16.4 Å². The van der Waals surface area contributed by atoms with Gasteiger partial charge < -0.3 is 5.32 Å². The molecule has 0 aliphatic rings. The summed E-state index contributed by atoms with van der Waals surface area (Å²) in [6, 6.07) is 14.4. The van der Waals surface area contributed by atoms with Crippen LogP contribution in [0.1, 0.15) is 25.9 Å². The monoisotopic (exact) mass is 437 g/mol. The second-order valence-corrected chi connectivity index (χ2v) is 8.96. The second kappa shape index (κ2) is 8.85. The number of aryl methyl sites for hydroxylation is 2. The van der Waals surface area contributed by atoms with Crippen LogP contribution >= 0.6 is 22.7 Å². The van der Waals surface area contributed by atoms with Crippen LogP contribution in [0.4, 0.5) is 4.39 Å². The van der Waals surface area contributed by atoms with Gasteiger partial charge in [0.15, 0.2) is 0 Å². The van der Waals surface area contributed by atoms with Gasteiger partial charge in [-0.15, -0.1) is 22.7 Å². The smallest absolute Gasteiger partial charge is 0.263 e. The van der Waals surface area contributed by atoms with E-state index in [-0.39, 0.29) is 11.7 Å². The minimum Gasteiger partial charge on any atom is -0.351 e. The zero-order valence-corrected chi connectivity index (χ0v) is 18.2. The number of hydrogen-bond acceptors (Lipinski definition) is 5. The van der Waals surface area contributed by atoms with Crippen molar-refractivity contribution in [3.63, 3.8) is 0 Å². The lowest BCUT2D eigenvalue weighted by Gasteiger charge is -2.05. The maximum Gasteiger partial charge on any atom is 0.263 e. The van der Waals surface area contributed by atoms with Crippen LogP contribution in [0, 0.1) is 19.7 Å². The molecule has 2 heterocycles. The molecular formula is C23H20FN3OS2. The number of aromatic nitrogens is 2. The SMILES string of the molecule is Cc1nc(-c2ccc(CCNC(=O)c3sc(-c4ccc(F)cc4)nc3C)cc2)cs1. The summed E-state index contributed by atoms with van der Waals surface area (Å²) in [6.07, 6.45) is 0.741. The molecule has 4 aromatic rings. The van der Waals surface area contributed by atoms with Gasteiger partial charge in [0.2, 0.25) is 0 Å². The number of nitrogens with zero attached hydrogens (tertiary/aromatic N) is 2. The number of carbonyl (C=O) groups excluding carboxylic acids is 1. The molecule has 1 amide bonds. The van der Waals surface area contributed by atoms with Crippen molar-refractivity contribution in [1.29, 1.82) is 0 Å². The van der Waals surface area contributed by atoms with Gasteiger partial charge in [-0.3, -0.25) is 4.79 Å². The van der Waals surface area contributed by atoms with E-state index in [1.807, 2.05) is 13.8 Å². The van der Waals surface area contributed by atoms with Gasteiger partial charge in [-0.25, -0.2) is 14.4 Å². The number of rotatable bonds is 6. The first-order chi connectivity index (χ1) is 14.5. The largest absolute Gasteiger partial charge is 0.351 e. The summed E-state index contributed by atoms with van der Waals surface area (Å²) in [4.78, 5) is 22.1. The summed E-state index contributed by atoms with van der Waals surface area (Å²) in [5.74, 6) is -0.423. The predicted octanol–water partition coefficient (Wildman–Crippen LogP) is 5.66. The van der Waals surface area contributed by atoms with Crippen LogP contribution in [0.15, 0.2) is 53.9 Å². The van der Waals surface area contributed by atoms with Crippen molar-refractivity contribution < 1.29 is 9.18 Å². The third-order valence-electron chi connectivity index (χ3n) is 4.66. The van der Waals surface area contributed by atoms with Crippen LogP contribution in [0.5, 0.6) is 0 Å². The Bertz CT molecular complexity index is 1160. The molecule has 4 rings (SSSR count). The molecule has 0 bridgehead atoms. The normalized spacial score (nSPS) is 10.9. The minimum atomic E-state index is -0.292. The fourth-order valence-electron chi connectivity index (χ4n) is 3.06. The molecule has 7 heteroatoms. The molecule has 0 aliphatic carbocycles. The molecule has 30 heavy (non-hydrogen) atoms. The Labute approximate surface area is 182 Å². The summed E-state index contributed by atoms with van der Waals surface area (Å²) in [5.41, 5.74) is 4.73. The van der Waals surface area contributed by atoms with Crippen molar-refractivity contribution in [2.75, 3.05) is 6.54 Å². The summed E-state index contributed by atoms with van der Waals surface area (Å²) < 4.78 is 13.1. The van der Waals surface area contributed by atoms with E-state index in [9.17, 15) is 9.18 Å². The lowest BCUT2D eigenvalue weighted by Crippen LogP contribution is -2.25. The maximum absolute atomic E-state index is 13.1. The highest BCUT2D eigenvalue weighted by molar-refractivity contribution is 7.17. The average molecular weight is 438 g/mol. The topological polar surface area (TPSA) is 54.9 Å². The van der Waals surface area contributed by atoms with Crippen LogP contribution in [-0.2, 0) is 6.42 Å². The highest BCUT2D eigenvalue weighted by atomic mass is 32.1. The van der Waals surface area contributed by atoms with Crippen molar-refractivity contribution in [3.05, 3.63) is 80.9 Å². The first-order valence-corrected chi connectivity index (χ1v) is 11.2. The zero-order valence-electron chi connectivity index (χ0n) is 16.6. The minimum absolute atomic E-state index is 0.132. The molecule has 2 aromatic carbocycles.